The second-order valence-electron chi connectivity index (χ2n) is 4.69. The quantitative estimate of drug-likeness (QED) is 0.743. The maximum atomic E-state index is 11.2. The average molecular weight is 289 g/mol. The van der Waals surface area contributed by atoms with Crippen molar-refractivity contribution in [2.24, 2.45) is 0 Å². The van der Waals surface area contributed by atoms with Crippen LogP contribution in [-0.2, 0) is 0 Å². The molecule has 20 heavy (non-hydrogen) atoms. The van der Waals surface area contributed by atoms with Gasteiger partial charge in [0.2, 0.25) is 0 Å². The lowest BCUT2D eigenvalue weighted by molar-refractivity contribution is 0.112. The molecule has 0 aliphatic heterocycles. The van der Waals surface area contributed by atoms with Crippen LogP contribution in [0.5, 0.6) is 0 Å². The second kappa shape index (κ2) is 4.11. The zero-order chi connectivity index (χ0) is 13.7. The molecule has 3 heterocycles. The van der Waals surface area contributed by atoms with Crippen molar-refractivity contribution in [3.8, 4) is 5.82 Å². The van der Waals surface area contributed by atoms with E-state index in [9.17, 15) is 4.79 Å². The van der Waals surface area contributed by atoms with Gasteiger partial charge < -0.3 is 4.98 Å². The van der Waals surface area contributed by atoms with Crippen LogP contribution in [0.4, 0.5) is 0 Å². The Kier molecular flexibility index (Phi) is 2.37. The molecular formula is C12H9ClN6O. The number of aromatic amines is 1. The molecule has 1 aliphatic rings. The summed E-state index contributed by atoms with van der Waals surface area (Å²) in [6.07, 6.45) is 5.76. The number of carbonyl (C=O) groups excluding carboxylic acids is 1. The summed E-state index contributed by atoms with van der Waals surface area (Å²) >= 11 is 6.28. The third-order valence-electron chi connectivity index (χ3n) is 3.38. The number of nitrogens with zero attached hydrogens (tertiary/aromatic N) is 5. The lowest BCUT2D eigenvalue weighted by Gasteiger charge is -2.02. The third-order valence-corrected chi connectivity index (χ3v) is 3.74. The molecule has 3 aromatic rings. The molecule has 0 atom stereocenters. The van der Waals surface area contributed by atoms with Gasteiger partial charge in [-0.1, -0.05) is 11.6 Å². The van der Waals surface area contributed by atoms with E-state index in [1.807, 2.05) is 0 Å². The molecule has 0 radical (unpaired) electrons. The molecule has 3 aromatic heterocycles. The first-order valence-corrected chi connectivity index (χ1v) is 6.55. The van der Waals surface area contributed by atoms with Crippen LogP contribution in [0.1, 0.15) is 34.8 Å². The van der Waals surface area contributed by atoms with E-state index in [1.54, 1.807) is 0 Å². The van der Waals surface area contributed by atoms with E-state index < -0.39 is 0 Å². The average Bonchev–Trinajstić information content (AvgIpc) is 3.09. The highest BCUT2D eigenvalue weighted by molar-refractivity contribution is 6.32. The Morgan fingerprint density at radius 1 is 1.35 bits per heavy atom. The summed E-state index contributed by atoms with van der Waals surface area (Å²) < 4.78 is 1.47. The lowest BCUT2D eigenvalue weighted by Crippen LogP contribution is -2.02. The zero-order valence-corrected chi connectivity index (χ0v) is 11.0. The number of hydrogen-bond donors (Lipinski definition) is 1. The fourth-order valence-electron chi connectivity index (χ4n) is 2.25. The molecule has 1 N–H and O–H groups in total. The van der Waals surface area contributed by atoms with Gasteiger partial charge in [0, 0.05) is 5.92 Å². The number of halogens is 1. The smallest absolute Gasteiger partial charge is 0.184 e. The van der Waals surface area contributed by atoms with Crippen molar-refractivity contribution in [3.63, 3.8) is 0 Å². The molecule has 0 saturated heterocycles. The standard InChI is InChI=1S/C12H9ClN6O/c13-10-7(3-20)8(6-1-2-6)18-19(10)12-9-11(15-4-14-9)16-5-17-12/h3-6H,1-2H2,(H,14,15,16,17). The van der Waals surface area contributed by atoms with Crippen LogP contribution in [0, 0.1) is 0 Å². The molecule has 1 aliphatic carbocycles. The van der Waals surface area contributed by atoms with Gasteiger partial charge in [0.15, 0.2) is 17.8 Å². The molecule has 0 bridgehead atoms. The Bertz CT molecular complexity index is 819. The van der Waals surface area contributed by atoms with Crippen LogP contribution in [0.25, 0.3) is 17.0 Å². The van der Waals surface area contributed by atoms with Crippen LogP contribution < -0.4 is 0 Å². The van der Waals surface area contributed by atoms with Crippen molar-refractivity contribution < 1.29 is 4.79 Å². The summed E-state index contributed by atoms with van der Waals surface area (Å²) in [6, 6.07) is 0. The number of H-pyrrole nitrogens is 1. The Morgan fingerprint density at radius 2 is 2.20 bits per heavy atom. The van der Waals surface area contributed by atoms with Crippen LogP contribution in [0.15, 0.2) is 12.7 Å². The number of aromatic nitrogens is 6. The highest BCUT2D eigenvalue weighted by Crippen LogP contribution is 2.42. The molecule has 1 fully saturated rings. The van der Waals surface area contributed by atoms with Gasteiger partial charge in [0.05, 0.1) is 17.6 Å². The predicted octanol–water partition coefficient (Wildman–Crippen LogP) is 1.88. The summed E-state index contributed by atoms with van der Waals surface area (Å²) in [5.74, 6) is 0.820. The van der Waals surface area contributed by atoms with Gasteiger partial charge in [-0.15, -0.1) is 0 Å². The second-order valence-corrected chi connectivity index (χ2v) is 5.05. The number of rotatable bonds is 3. The highest BCUT2D eigenvalue weighted by atomic mass is 35.5. The van der Waals surface area contributed by atoms with Crippen LogP contribution in [0.2, 0.25) is 5.15 Å². The van der Waals surface area contributed by atoms with E-state index in [4.69, 9.17) is 11.6 Å². The van der Waals surface area contributed by atoms with Crippen molar-refractivity contribution >= 4 is 29.1 Å². The summed E-state index contributed by atoms with van der Waals surface area (Å²) in [6.45, 7) is 0. The first kappa shape index (κ1) is 11.5. The Hall–Kier alpha value is -2.28. The van der Waals surface area contributed by atoms with E-state index >= 15 is 0 Å². The summed E-state index contributed by atoms with van der Waals surface area (Å²) in [4.78, 5) is 26.5. The monoisotopic (exact) mass is 288 g/mol. The minimum atomic E-state index is 0.275. The zero-order valence-electron chi connectivity index (χ0n) is 10.2. The normalized spacial score (nSPS) is 14.8. The molecule has 8 heteroatoms. The van der Waals surface area contributed by atoms with Gasteiger partial charge >= 0.3 is 0 Å². The van der Waals surface area contributed by atoms with E-state index in [0.29, 0.717) is 28.5 Å². The van der Waals surface area contributed by atoms with Crippen LogP contribution in [-0.4, -0.2) is 36.0 Å². The van der Waals surface area contributed by atoms with Gasteiger partial charge in [-0.2, -0.15) is 5.10 Å². The maximum Gasteiger partial charge on any atom is 0.184 e. The van der Waals surface area contributed by atoms with Gasteiger partial charge in [-0.05, 0) is 12.8 Å². The van der Waals surface area contributed by atoms with Crippen molar-refractivity contribution in [3.05, 3.63) is 29.1 Å². The minimum absolute atomic E-state index is 0.275. The van der Waals surface area contributed by atoms with E-state index in [0.717, 1.165) is 24.8 Å². The Balaban J connectivity index is 1.98. The fraction of sp³-hybridized carbons (Fsp3) is 0.250. The first-order chi connectivity index (χ1) is 9.79. The first-order valence-electron chi connectivity index (χ1n) is 6.17. The van der Waals surface area contributed by atoms with Crippen molar-refractivity contribution in [2.75, 3.05) is 0 Å². The predicted molar refractivity (Wildman–Crippen MR) is 71.2 cm³/mol. The molecule has 0 aromatic carbocycles. The summed E-state index contributed by atoms with van der Waals surface area (Å²) in [5.41, 5.74) is 2.36. The number of carbonyl (C=O) groups is 1. The third kappa shape index (κ3) is 1.56. The van der Waals surface area contributed by atoms with Gasteiger partial charge in [-0.3, -0.25) is 4.79 Å². The van der Waals surface area contributed by atoms with Gasteiger partial charge in [0.25, 0.3) is 0 Å². The minimum Gasteiger partial charge on any atom is -0.340 e. The van der Waals surface area contributed by atoms with E-state index in [-0.39, 0.29) is 5.15 Å². The van der Waals surface area contributed by atoms with Gasteiger partial charge in [0.1, 0.15) is 17.0 Å². The molecule has 4 rings (SSSR count). The molecular weight excluding hydrogens is 280 g/mol. The highest BCUT2D eigenvalue weighted by Gasteiger charge is 2.32. The number of aldehydes is 1. The number of fused-ring (bicyclic) bond motifs is 1. The molecule has 0 unspecified atom stereocenters. The van der Waals surface area contributed by atoms with Crippen LogP contribution >= 0.6 is 11.6 Å². The van der Waals surface area contributed by atoms with Crippen molar-refractivity contribution in [1.82, 2.24) is 29.7 Å². The van der Waals surface area contributed by atoms with Crippen molar-refractivity contribution in [2.45, 2.75) is 18.8 Å². The molecule has 1 saturated carbocycles. The molecule has 7 nitrogen and oxygen atoms in total. The Morgan fingerprint density at radius 3 is 2.95 bits per heavy atom. The number of hydrogen-bond acceptors (Lipinski definition) is 5. The molecule has 0 amide bonds. The largest absolute Gasteiger partial charge is 0.340 e. The summed E-state index contributed by atoms with van der Waals surface area (Å²) in [5, 5.41) is 4.73. The van der Waals surface area contributed by atoms with Gasteiger partial charge in [-0.25, -0.2) is 19.6 Å². The molecule has 0 spiro atoms. The van der Waals surface area contributed by atoms with E-state index in [1.165, 1.54) is 17.3 Å². The fourth-order valence-corrected chi connectivity index (χ4v) is 2.51. The topological polar surface area (TPSA) is 89.3 Å². The van der Waals surface area contributed by atoms with Crippen molar-refractivity contribution in [1.29, 1.82) is 0 Å². The Labute approximate surface area is 118 Å². The number of imidazole rings is 1. The van der Waals surface area contributed by atoms with E-state index in [2.05, 4.69) is 25.0 Å². The SMILES string of the molecule is O=Cc1c(C2CC2)nn(-c2ncnc3nc[nH]c23)c1Cl. The molecule has 100 valence electrons. The maximum absolute atomic E-state index is 11.2. The number of nitrogens with one attached hydrogen (secondary N) is 1. The lowest BCUT2D eigenvalue weighted by atomic mass is 10.2. The van der Waals surface area contributed by atoms with Crippen LogP contribution in [0.3, 0.4) is 0 Å². The summed E-state index contributed by atoms with van der Waals surface area (Å²) in [7, 11) is 0.